The number of benzene rings is 1. The van der Waals surface area contributed by atoms with Crippen LogP contribution in [-0.2, 0) is 4.79 Å². The molecule has 1 aromatic carbocycles. The van der Waals surface area contributed by atoms with Crippen LogP contribution >= 0.6 is 0 Å². The van der Waals surface area contributed by atoms with E-state index in [9.17, 15) is 13.6 Å². The van der Waals surface area contributed by atoms with Crippen LogP contribution in [-0.4, -0.2) is 11.1 Å². The minimum atomic E-state index is -0.932. The number of hydrogen-bond acceptors (Lipinski definition) is 1. The summed E-state index contributed by atoms with van der Waals surface area (Å²) in [6, 6.07) is 3.29. The van der Waals surface area contributed by atoms with Gasteiger partial charge in [0.1, 0.15) is 11.6 Å². The monoisotopic (exact) mass is 226 g/mol. The first-order valence-corrected chi connectivity index (χ1v) is 5.03. The van der Waals surface area contributed by atoms with Crippen LogP contribution < -0.4 is 0 Å². The zero-order chi connectivity index (χ0) is 12.1. The lowest BCUT2D eigenvalue weighted by Gasteiger charge is -2.04. The van der Waals surface area contributed by atoms with Crippen molar-refractivity contribution in [2.45, 2.75) is 19.8 Å². The van der Waals surface area contributed by atoms with Crippen molar-refractivity contribution in [3.8, 4) is 0 Å². The Morgan fingerprint density at radius 3 is 2.44 bits per heavy atom. The topological polar surface area (TPSA) is 37.3 Å². The van der Waals surface area contributed by atoms with Crippen LogP contribution in [0.1, 0.15) is 25.3 Å². The van der Waals surface area contributed by atoms with Gasteiger partial charge < -0.3 is 5.11 Å². The van der Waals surface area contributed by atoms with Crippen LogP contribution in [0.5, 0.6) is 0 Å². The van der Waals surface area contributed by atoms with Gasteiger partial charge >= 0.3 is 5.97 Å². The van der Waals surface area contributed by atoms with Gasteiger partial charge in [0.2, 0.25) is 0 Å². The molecule has 0 saturated heterocycles. The summed E-state index contributed by atoms with van der Waals surface area (Å²) in [6.07, 6.45) is 0. The maximum absolute atomic E-state index is 13.5. The van der Waals surface area contributed by atoms with E-state index in [4.69, 9.17) is 5.11 Å². The van der Waals surface area contributed by atoms with E-state index in [1.54, 1.807) is 13.8 Å². The van der Waals surface area contributed by atoms with Gasteiger partial charge in [0.05, 0.1) is 5.92 Å². The molecule has 1 fully saturated rings. The molecule has 0 bridgehead atoms. The third-order valence-electron chi connectivity index (χ3n) is 3.39. The summed E-state index contributed by atoms with van der Waals surface area (Å²) < 4.78 is 26.2. The molecule has 1 aromatic rings. The molecule has 0 unspecified atom stereocenters. The molecule has 1 aliphatic rings. The first kappa shape index (κ1) is 11.0. The Balaban J connectivity index is 2.37. The van der Waals surface area contributed by atoms with Crippen molar-refractivity contribution in [2.75, 3.05) is 0 Å². The summed E-state index contributed by atoms with van der Waals surface area (Å²) in [5.74, 6) is -3.20. The highest BCUT2D eigenvalue weighted by atomic mass is 19.1. The normalized spacial score (nSPS) is 26.5. The molecule has 1 saturated carbocycles. The maximum Gasteiger partial charge on any atom is 0.307 e. The Bertz CT molecular complexity index is 454. The summed E-state index contributed by atoms with van der Waals surface area (Å²) in [5.41, 5.74) is -0.177. The number of carbonyl (C=O) groups is 1. The highest BCUT2D eigenvalue weighted by Crippen LogP contribution is 2.64. The second-order valence-corrected chi connectivity index (χ2v) is 4.78. The smallest absolute Gasteiger partial charge is 0.307 e. The molecule has 4 heteroatoms. The SMILES string of the molecule is CC1(C)[C@H](C(=O)O)[C@H]1c1ccc(F)cc1F. The molecule has 16 heavy (non-hydrogen) atoms. The molecule has 2 atom stereocenters. The number of carboxylic acids is 1. The third-order valence-corrected chi connectivity index (χ3v) is 3.39. The molecule has 0 radical (unpaired) electrons. The molecule has 1 aliphatic carbocycles. The quantitative estimate of drug-likeness (QED) is 0.841. The predicted octanol–water partition coefficient (Wildman–Crippen LogP) is 2.79. The summed E-state index contributed by atoms with van der Waals surface area (Å²) in [6.45, 7) is 3.55. The van der Waals surface area contributed by atoms with E-state index in [1.165, 1.54) is 6.07 Å². The molecule has 2 nitrogen and oxygen atoms in total. The molecule has 2 rings (SSSR count). The minimum Gasteiger partial charge on any atom is -0.481 e. The van der Waals surface area contributed by atoms with E-state index in [0.29, 0.717) is 5.56 Å². The second kappa shape index (κ2) is 3.27. The van der Waals surface area contributed by atoms with Gasteiger partial charge in [-0.2, -0.15) is 0 Å². The molecule has 0 amide bonds. The van der Waals surface area contributed by atoms with Gasteiger partial charge in [-0.3, -0.25) is 4.79 Å². The fourth-order valence-electron chi connectivity index (χ4n) is 2.43. The standard InChI is InChI=1S/C12H12F2O2/c1-12(2)9(10(12)11(15)16)7-4-3-6(13)5-8(7)14/h3-5,9-10H,1-2H3,(H,15,16)/t9-,10+/m1/s1. The van der Waals surface area contributed by atoms with Crippen LogP contribution in [0.2, 0.25) is 0 Å². The van der Waals surface area contributed by atoms with Crippen LogP contribution in [0.4, 0.5) is 8.78 Å². The molecule has 0 aromatic heterocycles. The third kappa shape index (κ3) is 1.49. The Kier molecular flexibility index (Phi) is 2.26. The largest absolute Gasteiger partial charge is 0.481 e. The van der Waals surface area contributed by atoms with Crippen molar-refractivity contribution < 1.29 is 18.7 Å². The first-order chi connectivity index (χ1) is 7.35. The molecule has 1 N–H and O–H groups in total. The molecular formula is C12H12F2O2. The minimum absolute atomic E-state index is 0.291. The fraction of sp³-hybridized carbons (Fsp3) is 0.417. The Labute approximate surface area is 91.9 Å². The molecule has 86 valence electrons. The first-order valence-electron chi connectivity index (χ1n) is 5.03. The van der Waals surface area contributed by atoms with Gasteiger partial charge in [-0.15, -0.1) is 0 Å². The Morgan fingerprint density at radius 2 is 2.00 bits per heavy atom. The lowest BCUT2D eigenvalue weighted by molar-refractivity contribution is -0.139. The zero-order valence-corrected chi connectivity index (χ0v) is 9.00. The van der Waals surface area contributed by atoms with Crippen LogP contribution in [0, 0.1) is 23.0 Å². The summed E-state index contributed by atoms with van der Waals surface area (Å²) in [4.78, 5) is 10.9. The van der Waals surface area contributed by atoms with Gasteiger partial charge in [0.15, 0.2) is 0 Å². The number of halogens is 2. The summed E-state index contributed by atoms with van der Waals surface area (Å²) >= 11 is 0. The number of rotatable bonds is 2. The summed E-state index contributed by atoms with van der Waals surface area (Å²) in [5, 5.41) is 8.97. The lowest BCUT2D eigenvalue weighted by atomic mass is 10.0. The van der Waals surface area contributed by atoms with Crippen molar-refractivity contribution in [1.82, 2.24) is 0 Å². The fourth-order valence-corrected chi connectivity index (χ4v) is 2.43. The highest BCUT2D eigenvalue weighted by molar-refractivity contribution is 5.77. The lowest BCUT2D eigenvalue weighted by Crippen LogP contribution is -2.03. The van der Waals surface area contributed by atoms with Crippen molar-refractivity contribution in [3.05, 3.63) is 35.4 Å². The van der Waals surface area contributed by atoms with Crippen LogP contribution in [0.25, 0.3) is 0 Å². The average Bonchev–Trinajstić information content (AvgIpc) is 2.69. The van der Waals surface area contributed by atoms with Crippen LogP contribution in [0.15, 0.2) is 18.2 Å². The summed E-state index contributed by atoms with van der Waals surface area (Å²) in [7, 11) is 0. The number of carboxylic acid groups (broad SMARTS) is 1. The van der Waals surface area contributed by atoms with Gasteiger partial charge in [-0.1, -0.05) is 19.9 Å². The van der Waals surface area contributed by atoms with Gasteiger partial charge in [0, 0.05) is 12.0 Å². The molecular weight excluding hydrogens is 214 g/mol. The zero-order valence-electron chi connectivity index (χ0n) is 9.00. The van der Waals surface area contributed by atoms with Gasteiger partial charge in [0.25, 0.3) is 0 Å². The van der Waals surface area contributed by atoms with Crippen molar-refractivity contribution in [1.29, 1.82) is 0 Å². The molecule has 0 heterocycles. The maximum atomic E-state index is 13.5. The van der Waals surface area contributed by atoms with E-state index in [1.807, 2.05) is 0 Å². The van der Waals surface area contributed by atoms with E-state index >= 15 is 0 Å². The molecule has 0 spiro atoms. The van der Waals surface area contributed by atoms with E-state index < -0.39 is 28.9 Å². The number of hydrogen-bond donors (Lipinski definition) is 1. The average molecular weight is 226 g/mol. The Hall–Kier alpha value is -1.45. The Morgan fingerprint density at radius 1 is 1.38 bits per heavy atom. The second-order valence-electron chi connectivity index (χ2n) is 4.78. The van der Waals surface area contributed by atoms with Crippen molar-refractivity contribution in [3.63, 3.8) is 0 Å². The van der Waals surface area contributed by atoms with Crippen molar-refractivity contribution >= 4 is 5.97 Å². The van der Waals surface area contributed by atoms with E-state index in [-0.39, 0.29) is 5.92 Å². The van der Waals surface area contributed by atoms with E-state index in [2.05, 4.69) is 0 Å². The van der Waals surface area contributed by atoms with Crippen LogP contribution in [0.3, 0.4) is 0 Å². The van der Waals surface area contributed by atoms with Gasteiger partial charge in [-0.25, -0.2) is 8.78 Å². The van der Waals surface area contributed by atoms with Crippen molar-refractivity contribution in [2.24, 2.45) is 11.3 Å². The number of aliphatic carboxylic acids is 1. The van der Waals surface area contributed by atoms with E-state index in [0.717, 1.165) is 12.1 Å². The predicted molar refractivity (Wildman–Crippen MR) is 54.0 cm³/mol. The highest BCUT2D eigenvalue weighted by Gasteiger charge is 2.63. The molecule has 0 aliphatic heterocycles. The van der Waals surface area contributed by atoms with Gasteiger partial charge in [-0.05, 0) is 17.0 Å².